The van der Waals surface area contributed by atoms with E-state index >= 15 is 0 Å². The number of likely N-dealkylation sites (N-methyl/N-ethyl adjacent to an activating group) is 1. The molecule has 0 aliphatic heterocycles. The lowest BCUT2D eigenvalue weighted by Gasteiger charge is -2.20. The number of para-hydroxylation sites is 1. The highest BCUT2D eigenvalue weighted by atomic mass is 32.1. The molecule has 2 aromatic carbocycles. The third kappa shape index (κ3) is 5.12. The molecule has 2 amide bonds. The maximum atomic E-state index is 12.6. The van der Waals surface area contributed by atoms with Crippen LogP contribution in [0.3, 0.4) is 0 Å². The molecule has 0 atom stereocenters. The van der Waals surface area contributed by atoms with E-state index in [0.29, 0.717) is 17.1 Å². The van der Waals surface area contributed by atoms with Crippen LogP contribution in [0.4, 0.5) is 5.69 Å². The average molecular weight is 423 g/mol. The topological polar surface area (TPSA) is 66.9 Å². The number of thiophene rings is 1. The van der Waals surface area contributed by atoms with E-state index < -0.39 is 5.97 Å². The number of nitrogens with zero attached hydrogens (tertiary/aromatic N) is 2. The van der Waals surface area contributed by atoms with Gasteiger partial charge in [0.2, 0.25) is 0 Å². The van der Waals surface area contributed by atoms with E-state index in [4.69, 9.17) is 4.74 Å². The lowest BCUT2D eigenvalue weighted by Crippen LogP contribution is -2.31. The molecule has 0 aliphatic carbocycles. The Labute approximate surface area is 179 Å². The Hall–Kier alpha value is -3.45. The maximum absolute atomic E-state index is 12.6. The first kappa shape index (κ1) is 21.3. The Kier molecular flexibility index (Phi) is 6.98. The Bertz CT molecular complexity index is 1020. The van der Waals surface area contributed by atoms with E-state index in [1.807, 2.05) is 35.7 Å². The summed E-state index contributed by atoms with van der Waals surface area (Å²) in [4.78, 5) is 41.1. The smallest absolute Gasteiger partial charge is 0.340 e. The van der Waals surface area contributed by atoms with Crippen LogP contribution in [0, 0.1) is 0 Å². The highest BCUT2D eigenvalue weighted by molar-refractivity contribution is 7.12. The predicted molar refractivity (Wildman–Crippen MR) is 117 cm³/mol. The summed E-state index contributed by atoms with van der Waals surface area (Å²) < 4.78 is 5.24. The van der Waals surface area contributed by atoms with Crippen molar-refractivity contribution in [3.05, 3.63) is 88.1 Å². The third-order valence-corrected chi connectivity index (χ3v) is 5.39. The van der Waals surface area contributed by atoms with Gasteiger partial charge in [0.1, 0.15) is 0 Å². The standard InChI is InChI=1S/C23H22N2O4S/c1-24(15-17-9-4-3-5-10-17)21(26)16-29-23(28)18-11-6-7-12-19(18)25(2)22(27)20-13-8-14-30-20/h3-14H,15-16H2,1-2H3. The molecule has 0 unspecified atom stereocenters. The van der Waals surface area contributed by atoms with Gasteiger partial charge in [-0.05, 0) is 29.1 Å². The molecule has 0 bridgehead atoms. The Morgan fingerprint density at radius 2 is 1.60 bits per heavy atom. The molecule has 3 aromatic rings. The van der Waals surface area contributed by atoms with E-state index in [1.165, 1.54) is 21.1 Å². The molecule has 0 spiro atoms. The second-order valence-corrected chi connectivity index (χ2v) is 7.62. The quantitative estimate of drug-likeness (QED) is 0.543. The van der Waals surface area contributed by atoms with Crippen LogP contribution in [0.15, 0.2) is 72.1 Å². The van der Waals surface area contributed by atoms with Gasteiger partial charge in [-0.1, -0.05) is 48.5 Å². The third-order valence-electron chi connectivity index (χ3n) is 4.54. The highest BCUT2D eigenvalue weighted by Crippen LogP contribution is 2.23. The minimum absolute atomic E-state index is 0.219. The molecule has 0 saturated carbocycles. The SMILES string of the molecule is CN(Cc1ccccc1)C(=O)COC(=O)c1ccccc1N(C)C(=O)c1cccs1. The highest BCUT2D eigenvalue weighted by Gasteiger charge is 2.22. The Morgan fingerprint density at radius 3 is 2.30 bits per heavy atom. The van der Waals surface area contributed by atoms with E-state index in [9.17, 15) is 14.4 Å². The number of anilines is 1. The van der Waals surface area contributed by atoms with Crippen molar-refractivity contribution in [1.82, 2.24) is 4.90 Å². The minimum atomic E-state index is -0.655. The van der Waals surface area contributed by atoms with Gasteiger partial charge in [0.15, 0.2) is 6.61 Å². The van der Waals surface area contributed by atoms with Crippen molar-refractivity contribution in [3.63, 3.8) is 0 Å². The van der Waals surface area contributed by atoms with E-state index in [-0.39, 0.29) is 24.0 Å². The molecular formula is C23H22N2O4S. The summed E-state index contributed by atoms with van der Waals surface area (Å²) in [7, 11) is 3.26. The van der Waals surface area contributed by atoms with Gasteiger partial charge >= 0.3 is 5.97 Å². The van der Waals surface area contributed by atoms with E-state index in [1.54, 1.807) is 50.5 Å². The number of rotatable bonds is 7. The fourth-order valence-corrected chi connectivity index (χ4v) is 3.57. The van der Waals surface area contributed by atoms with Crippen molar-refractivity contribution < 1.29 is 19.1 Å². The fourth-order valence-electron chi connectivity index (χ4n) is 2.87. The molecule has 7 heteroatoms. The van der Waals surface area contributed by atoms with Crippen molar-refractivity contribution in [2.24, 2.45) is 0 Å². The number of carbonyl (C=O) groups is 3. The summed E-state index contributed by atoms with van der Waals surface area (Å²) in [5.74, 6) is -1.19. The van der Waals surface area contributed by atoms with Crippen molar-refractivity contribution in [2.45, 2.75) is 6.54 Å². The zero-order valence-corrected chi connectivity index (χ0v) is 17.6. The van der Waals surface area contributed by atoms with Crippen molar-refractivity contribution in [3.8, 4) is 0 Å². The van der Waals surface area contributed by atoms with Gasteiger partial charge in [0.25, 0.3) is 11.8 Å². The molecule has 0 radical (unpaired) electrons. The molecule has 30 heavy (non-hydrogen) atoms. The monoisotopic (exact) mass is 422 g/mol. The second-order valence-electron chi connectivity index (χ2n) is 6.67. The molecule has 1 aromatic heterocycles. The van der Waals surface area contributed by atoms with Gasteiger partial charge in [-0.2, -0.15) is 0 Å². The van der Waals surface area contributed by atoms with Gasteiger partial charge in [0, 0.05) is 20.6 Å². The van der Waals surface area contributed by atoms with Gasteiger partial charge in [-0.3, -0.25) is 9.59 Å². The second kappa shape index (κ2) is 9.84. The van der Waals surface area contributed by atoms with Crippen LogP contribution in [-0.2, 0) is 16.1 Å². The molecule has 0 aliphatic rings. The molecule has 0 fully saturated rings. The van der Waals surface area contributed by atoms with Crippen LogP contribution in [0.2, 0.25) is 0 Å². The lowest BCUT2D eigenvalue weighted by atomic mass is 10.1. The maximum Gasteiger partial charge on any atom is 0.340 e. The van der Waals surface area contributed by atoms with Crippen molar-refractivity contribution in [2.75, 3.05) is 25.6 Å². The Morgan fingerprint density at radius 1 is 0.900 bits per heavy atom. The minimum Gasteiger partial charge on any atom is -0.452 e. The first-order valence-electron chi connectivity index (χ1n) is 9.33. The summed E-state index contributed by atoms with van der Waals surface area (Å²) in [6, 6.07) is 19.8. The number of esters is 1. The Balaban J connectivity index is 1.64. The largest absolute Gasteiger partial charge is 0.452 e. The normalized spacial score (nSPS) is 10.3. The van der Waals surface area contributed by atoms with Gasteiger partial charge in [-0.15, -0.1) is 11.3 Å². The predicted octanol–water partition coefficient (Wildman–Crippen LogP) is 3.84. The van der Waals surface area contributed by atoms with Crippen LogP contribution in [-0.4, -0.2) is 43.4 Å². The molecule has 3 rings (SSSR count). The summed E-state index contributed by atoms with van der Waals surface area (Å²) in [6.45, 7) is 0.0466. The van der Waals surface area contributed by atoms with Gasteiger partial charge in [0.05, 0.1) is 16.1 Å². The van der Waals surface area contributed by atoms with Crippen molar-refractivity contribution >= 4 is 34.8 Å². The molecular weight excluding hydrogens is 400 g/mol. The van der Waals surface area contributed by atoms with Crippen LogP contribution in [0.25, 0.3) is 0 Å². The average Bonchev–Trinajstić information content (AvgIpc) is 3.31. The molecule has 6 nitrogen and oxygen atoms in total. The van der Waals surface area contributed by atoms with E-state index in [0.717, 1.165) is 5.56 Å². The van der Waals surface area contributed by atoms with Crippen LogP contribution in [0.1, 0.15) is 25.6 Å². The zero-order chi connectivity index (χ0) is 21.5. The number of carbonyl (C=O) groups excluding carboxylic acids is 3. The lowest BCUT2D eigenvalue weighted by molar-refractivity contribution is -0.133. The van der Waals surface area contributed by atoms with Gasteiger partial charge < -0.3 is 14.5 Å². The summed E-state index contributed by atoms with van der Waals surface area (Å²) in [5, 5.41) is 1.82. The summed E-state index contributed by atoms with van der Waals surface area (Å²) in [6.07, 6.45) is 0. The number of hydrogen-bond acceptors (Lipinski definition) is 5. The molecule has 0 saturated heterocycles. The van der Waals surface area contributed by atoms with Crippen molar-refractivity contribution in [1.29, 1.82) is 0 Å². The van der Waals surface area contributed by atoms with Crippen LogP contribution < -0.4 is 4.90 Å². The van der Waals surface area contributed by atoms with Crippen LogP contribution in [0.5, 0.6) is 0 Å². The fraction of sp³-hybridized carbons (Fsp3) is 0.174. The van der Waals surface area contributed by atoms with Gasteiger partial charge in [-0.25, -0.2) is 4.79 Å². The first-order chi connectivity index (χ1) is 14.5. The number of hydrogen-bond donors (Lipinski definition) is 0. The number of ether oxygens (including phenoxy) is 1. The first-order valence-corrected chi connectivity index (χ1v) is 10.2. The summed E-state index contributed by atoms with van der Waals surface area (Å²) >= 11 is 1.33. The molecule has 154 valence electrons. The number of amides is 2. The zero-order valence-electron chi connectivity index (χ0n) is 16.8. The van der Waals surface area contributed by atoms with Crippen LogP contribution >= 0.6 is 11.3 Å². The summed E-state index contributed by atoms with van der Waals surface area (Å²) in [5.41, 5.74) is 1.63. The number of benzene rings is 2. The van der Waals surface area contributed by atoms with E-state index in [2.05, 4.69) is 0 Å². The molecule has 0 N–H and O–H groups in total. The molecule has 1 heterocycles.